The fourth-order valence-corrected chi connectivity index (χ4v) is 4.57. The molecule has 8 nitrogen and oxygen atoms in total. The minimum Gasteiger partial charge on any atom is -0.389 e. The van der Waals surface area contributed by atoms with Crippen molar-refractivity contribution >= 4 is 17.6 Å². The summed E-state index contributed by atoms with van der Waals surface area (Å²) < 4.78 is 25.0. The fraction of sp³-hybridized carbons (Fsp3) is 0.462. The van der Waals surface area contributed by atoms with Crippen molar-refractivity contribution in [2.75, 3.05) is 31.6 Å². The summed E-state index contributed by atoms with van der Waals surface area (Å²) in [7, 11) is 0. The normalized spacial score (nSPS) is 24.6. The average molecular weight is 486 g/mol. The summed E-state index contributed by atoms with van der Waals surface area (Å²) in [5.74, 6) is -0.463. The van der Waals surface area contributed by atoms with Gasteiger partial charge in [0, 0.05) is 12.2 Å². The highest BCUT2D eigenvalue weighted by Gasteiger charge is 2.40. The summed E-state index contributed by atoms with van der Waals surface area (Å²) in [6.07, 6.45) is 0.686. The molecule has 188 valence electrons. The summed E-state index contributed by atoms with van der Waals surface area (Å²) in [4.78, 5) is 27.1. The van der Waals surface area contributed by atoms with Crippen LogP contribution in [0.5, 0.6) is 0 Å². The van der Waals surface area contributed by atoms with Crippen LogP contribution >= 0.6 is 0 Å². The van der Waals surface area contributed by atoms with Crippen molar-refractivity contribution < 1.29 is 28.6 Å². The molecule has 4 atom stereocenters. The van der Waals surface area contributed by atoms with Gasteiger partial charge >= 0.3 is 6.03 Å². The van der Waals surface area contributed by atoms with Gasteiger partial charge in [-0.25, -0.2) is 9.18 Å². The zero-order chi connectivity index (χ0) is 24.6. The summed E-state index contributed by atoms with van der Waals surface area (Å²) in [5, 5.41) is 16.0. The molecule has 0 radical (unpaired) electrons. The van der Waals surface area contributed by atoms with Gasteiger partial charge in [0.15, 0.2) is 0 Å². The van der Waals surface area contributed by atoms with Crippen LogP contribution in [0.3, 0.4) is 0 Å². The highest BCUT2D eigenvalue weighted by molar-refractivity contribution is 5.89. The van der Waals surface area contributed by atoms with E-state index < -0.39 is 24.1 Å². The number of carbonyl (C=O) groups is 2. The molecule has 0 spiro atoms. The van der Waals surface area contributed by atoms with Crippen molar-refractivity contribution in [1.82, 2.24) is 10.2 Å². The van der Waals surface area contributed by atoms with Crippen LogP contribution in [0, 0.1) is 5.82 Å². The molecule has 2 aliphatic heterocycles. The lowest BCUT2D eigenvalue weighted by molar-refractivity contribution is -0.149. The standard InChI is InChI=1S/C26H32FN3O5/c27-19-6-8-20(9-7-19)29-26(33)30-15-21(31)16-34-17-24-23(30)11-10-22(35-24)14-25(32)28-13-12-18-4-2-1-3-5-18/h1-9,21-24,31H,10-17H2,(H,28,32)(H,29,33)/t21-,22+,23+,24-/m1/s1. The van der Waals surface area contributed by atoms with E-state index in [1.54, 1.807) is 4.90 Å². The van der Waals surface area contributed by atoms with Crippen LogP contribution < -0.4 is 10.6 Å². The molecule has 2 heterocycles. The van der Waals surface area contributed by atoms with Gasteiger partial charge in [-0.2, -0.15) is 0 Å². The summed E-state index contributed by atoms with van der Waals surface area (Å²) in [5.41, 5.74) is 1.62. The number of benzene rings is 2. The highest BCUT2D eigenvalue weighted by Crippen LogP contribution is 2.28. The second-order valence-corrected chi connectivity index (χ2v) is 9.01. The van der Waals surface area contributed by atoms with E-state index in [1.165, 1.54) is 24.3 Å². The number of hydrogen-bond donors (Lipinski definition) is 3. The van der Waals surface area contributed by atoms with Gasteiger partial charge in [-0.1, -0.05) is 30.3 Å². The van der Waals surface area contributed by atoms with Gasteiger partial charge in [0.1, 0.15) is 11.9 Å². The zero-order valence-electron chi connectivity index (χ0n) is 19.6. The number of fused-ring (bicyclic) bond motifs is 1. The third-order valence-corrected chi connectivity index (χ3v) is 6.33. The molecule has 0 saturated carbocycles. The number of β-amino-alcohol motifs (C(OH)–C–C–N with tert-alkyl or cyclic N) is 1. The number of halogens is 1. The van der Waals surface area contributed by atoms with Crippen LogP contribution in [0.1, 0.15) is 24.8 Å². The van der Waals surface area contributed by atoms with E-state index in [2.05, 4.69) is 10.6 Å². The Hall–Kier alpha value is -3.01. The maximum atomic E-state index is 13.2. The lowest BCUT2D eigenvalue weighted by Crippen LogP contribution is -2.58. The van der Waals surface area contributed by atoms with Crippen LogP contribution in [0.15, 0.2) is 54.6 Å². The molecule has 2 aromatic rings. The van der Waals surface area contributed by atoms with Gasteiger partial charge in [-0.3, -0.25) is 4.79 Å². The molecule has 3 amide bonds. The predicted octanol–water partition coefficient (Wildman–Crippen LogP) is 2.72. The Kier molecular flexibility index (Phi) is 8.68. The first kappa shape index (κ1) is 25.1. The number of anilines is 1. The number of amides is 3. The third kappa shape index (κ3) is 7.24. The molecule has 0 unspecified atom stereocenters. The van der Waals surface area contributed by atoms with E-state index >= 15 is 0 Å². The van der Waals surface area contributed by atoms with Gasteiger partial charge in [0.05, 0.1) is 44.4 Å². The molecule has 9 heteroatoms. The van der Waals surface area contributed by atoms with Crippen molar-refractivity contribution in [3.8, 4) is 0 Å². The topological polar surface area (TPSA) is 100 Å². The predicted molar refractivity (Wildman–Crippen MR) is 128 cm³/mol. The largest absolute Gasteiger partial charge is 0.389 e. The first-order valence-electron chi connectivity index (χ1n) is 12.0. The van der Waals surface area contributed by atoms with Crippen molar-refractivity contribution in [1.29, 1.82) is 0 Å². The van der Waals surface area contributed by atoms with Crippen molar-refractivity contribution in [2.24, 2.45) is 0 Å². The van der Waals surface area contributed by atoms with Crippen LogP contribution in [0.4, 0.5) is 14.9 Å². The molecule has 0 aliphatic carbocycles. The summed E-state index contributed by atoms with van der Waals surface area (Å²) >= 11 is 0. The molecule has 0 aromatic heterocycles. The number of carbonyl (C=O) groups excluding carboxylic acids is 2. The Bertz CT molecular complexity index is 975. The summed E-state index contributed by atoms with van der Waals surface area (Å²) in [6.45, 7) is 0.938. The molecule has 2 saturated heterocycles. The Balaban J connectivity index is 1.32. The molecule has 2 aromatic carbocycles. The van der Waals surface area contributed by atoms with E-state index in [0.717, 1.165) is 12.0 Å². The first-order valence-corrected chi connectivity index (χ1v) is 12.0. The number of aliphatic hydroxyl groups is 1. The van der Waals surface area contributed by atoms with Gasteiger partial charge in [0.25, 0.3) is 0 Å². The van der Waals surface area contributed by atoms with Gasteiger partial charge in [-0.05, 0) is 49.1 Å². The maximum Gasteiger partial charge on any atom is 0.322 e. The smallest absolute Gasteiger partial charge is 0.322 e. The number of aliphatic hydroxyl groups excluding tert-OH is 1. The second-order valence-electron chi connectivity index (χ2n) is 9.01. The fourth-order valence-electron chi connectivity index (χ4n) is 4.57. The lowest BCUT2D eigenvalue weighted by Gasteiger charge is -2.44. The highest BCUT2D eigenvalue weighted by atomic mass is 19.1. The van der Waals surface area contributed by atoms with Crippen LogP contribution in [-0.2, 0) is 20.7 Å². The molecule has 2 aliphatic rings. The molecule has 35 heavy (non-hydrogen) atoms. The Labute approximate surface area is 204 Å². The molecule has 0 bridgehead atoms. The number of nitrogens with zero attached hydrogens (tertiary/aromatic N) is 1. The monoisotopic (exact) mass is 485 g/mol. The minimum absolute atomic E-state index is 0.0718. The summed E-state index contributed by atoms with van der Waals surface area (Å²) in [6, 6.07) is 14.8. The van der Waals surface area contributed by atoms with Gasteiger partial charge in [-0.15, -0.1) is 0 Å². The Morgan fingerprint density at radius 1 is 1.06 bits per heavy atom. The molecule has 3 N–H and O–H groups in total. The lowest BCUT2D eigenvalue weighted by atomic mass is 9.95. The molecule has 2 fully saturated rings. The van der Waals surface area contributed by atoms with E-state index in [9.17, 15) is 19.1 Å². The second kappa shape index (κ2) is 12.1. The van der Waals surface area contributed by atoms with Gasteiger partial charge in [0.2, 0.25) is 5.91 Å². The third-order valence-electron chi connectivity index (χ3n) is 6.33. The average Bonchev–Trinajstić information content (AvgIpc) is 2.84. The van der Waals surface area contributed by atoms with Crippen LogP contribution in [-0.4, -0.2) is 72.6 Å². The van der Waals surface area contributed by atoms with Crippen molar-refractivity contribution in [3.63, 3.8) is 0 Å². The van der Waals surface area contributed by atoms with Crippen LogP contribution in [0.25, 0.3) is 0 Å². The van der Waals surface area contributed by atoms with Crippen molar-refractivity contribution in [2.45, 2.75) is 50.0 Å². The molecular weight excluding hydrogens is 453 g/mol. The van der Waals surface area contributed by atoms with Crippen molar-refractivity contribution in [3.05, 3.63) is 66.0 Å². The van der Waals surface area contributed by atoms with Gasteiger partial charge < -0.3 is 30.1 Å². The quantitative estimate of drug-likeness (QED) is 0.584. The van der Waals surface area contributed by atoms with Crippen LogP contribution in [0.2, 0.25) is 0 Å². The van der Waals surface area contributed by atoms with E-state index in [-0.39, 0.29) is 44.2 Å². The minimum atomic E-state index is -0.831. The first-order chi connectivity index (χ1) is 17.0. The number of ether oxygens (including phenoxy) is 2. The molecular formula is C26H32FN3O5. The zero-order valence-corrected chi connectivity index (χ0v) is 19.6. The van der Waals surface area contributed by atoms with E-state index in [1.807, 2.05) is 30.3 Å². The van der Waals surface area contributed by atoms with E-state index in [4.69, 9.17) is 9.47 Å². The number of hydrogen-bond acceptors (Lipinski definition) is 5. The Morgan fingerprint density at radius 2 is 1.83 bits per heavy atom. The molecule has 4 rings (SSSR count). The Morgan fingerprint density at radius 3 is 2.60 bits per heavy atom. The number of nitrogens with one attached hydrogen (secondary N) is 2. The van der Waals surface area contributed by atoms with E-state index in [0.29, 0.717) is 25.1 Å². The maximum absolute atomic E-state index is 13.2. The number of rotatable bonds is 6. The SMILES string of the molecule is O=C(C[C@@H]1CC[C@H]2[C@@H](COC[C@H](O)CN2C(=O)Nc2ccc(F)cc2)O1)NCCc1ccccc1. The number of urea groups is 1.